The number of non-ortho nitro benzene ring substituents is 1. The number of nitro benzene ring substituents is 1. The van der Waals surface area contributed by atoms with Crippen molar-refractivity contribution in [1.29, 1.82) is 0 Å². The number of hydrazone groups is 1. The van der Waals surface area contributed by atoms with Gasteiger partial charge in [0, 0.05) is 17.7 Å². The van der Waals surface area contributed by atoms with Crippen LogP contribution in [0.4, 0.5) is 5.69 Å². The molecule has 0 bridgehead atoms. The lowest BCUT2D eigenvalue weighted by molar-refractivity contribution is -0.384. The number of hydrogen-bond donors (Lipinski definition) is 1. The number of hydrogen-bond acceptors (Lipinski definition) is 6. The van der Waals surface area contributed by atoms with Gasteiger partial charge in [-0.15, -0.1) is 0 Å². The first kappa shape index (κ1) is 22.8. The normalized spacial score (nSPS) is 10.7. The SMILES string of the molecule is CCOc1cc(/C=N\NC(=O)c2cccc([N+](=O)[O-])c2)cc(Cl)c1OCc1ccccc1. The van der Waals surface area contributed by atoms with Crippen molar-refractivity contribution in [3.05, 3.63) is 98.6 Å². The zero-order valence-corrected chi connectivity index (χ0v) is 17.9. The van der Waals surface area contributed by atoms with Crippen LogP contribution in [-0.2, 0) is 6.61 Å². The maximum atomic E-state index is 12.2. The molecule has 8 nitrogen and oxygen atoms in total. The monoisotopic (exact) mass is 453 g/mol. The Bertz CT molecular complexity index is 1140. The molecule has 0 saturated heterocycles. The summed E-state index contributed by atoms with van der Waals surface area (Å²) in [4.78, 5) is 22.5. The summed E-state index contributed by atoms with van der Waals surface area (Å²) in [6, 6.07) is 18.3. The van der Waals surface area contributed by atoms with Crippen LogP contribution >= 0.6 is 11.6 Å². The van der Waals surface area contributed by atoms with E-state index in [1.807, 2.05) is 37.3 Å². The van der Waals surface area contributed by atoms with E-state index in [0.29, 0.717) is 35.3 Å². The minimum absolute atomic E-state index is 0.119. The summed E-state index contributed by atoms with van der Waals surface area (Å²) in [5.41, 5.74) is 3.84. The van der Waals surface area contributed by atoms with Gasteiger partial charge in [0.15, 0.2) is 11.5 Å². The Labute approximate surface area is 189 Å². The van der Waals surface area contributed by atoms with Crippen molar-refractivity contribution in [1.82, 2.24) is 5.43 Å². The number of benzene rings is 3. The molecule has 0 aromatic heterocycles. The summed E-state index contributed by atoms with van der Waals surface area (Å²) < 4.78 is 11.5. The van der Waals surface area contributed by atoms with Crippen LogP contribution in [0.3, 0.4) is 0 Å². The third-order valence-corrected chi connectivity index (χ3v) is 4.54. The molecule has 3 aromatic rings. The van der Waals surface area contributed by atoms with Gasteiger partial charge in [0.25, 0.3) is 11.6 Å². The predicted octanol–water partition coefficient (Wildman–Crippen LogP) is 4.99. The molecule has 0 radical (unpaired) electrons. The van der Waals surface area contributed by atoms with Gasteiger partial charge >= 0.3 is 0 Å². The third kappa shape index (κ3) is 6.05. The van der Waals surface area contributed by atoms with E-state index in [0.717, 1.165) is 5.56 Å². The van der Waals surface area contributed by atoms with E-state index in [9.17, 15) is 14.9 Å². The molecule has 0 aliphatic heterocycles. The zero-order valence-electron chi connectivity index (χ0n) is 17.2. The second-order valence-corrected chi connectivity index (χ2v) is 6.95. The maximum absolute atomic E-state index is 12.2. The largest absolute Gasteiger partial charge is 0.490 e. The van der Waals surface area contributed by atoms with E-state index >= 15 is 0 Å². The Hall–Kier alpha value is -3.91. The molecule has 0 saturated carbocycles. The van der Waals surface area contributed by atoms with E-state index in [2.05, 4.69) is 10.5 Å². The van der Waals surface area contributed by atoms with Crippen molar-refractivity contribution in [2.75, 3.05) is 6.61 Å². The van der Waals surface area contributed by atoms with Crippen molar-refractivity contribution < 1.29 is 19.2 Å². The van der Waals surface area contributed by atoms with Crippen LogP contribution in [0.1, 0.15) is 28.4 Å². The first-order valence-electron chi connectivity index (χ1n) is 9.69. The van der Waals surface area contributed by atoms with Crippen LogP contribution < -0.4 is 14.9 Å². The topological polar surface area (TPSA) is 103 Å². The number of nitro groups is 1. The Kier molecular flexibility index (Phi) is 7.77. The van der Waals surface area contributed by atoms with Crippen LogP contribution in [0.5, 0.6) is 11.5 Å². The zero-order chi connectivity index (χ0) is 22.9. The number of carbonyl (C=O) groups is 1. The van der Waals surface area contributed by atoms with Crippen LogP contribution in [-0.4, -0.2) is 23.7 Å². The van der Waals surface area contributed by atoms with Gasteiger partial charge in [-0.1, -0.05) is 48.0 Å². The minimum Gasteiger partial charge on any atom is -0.490 e. The van der Waals surface area contributed by atoms with Gasteiger partial charge < -0.3 is 9.47 Å². The highest BCUT2D eigenvalue weighted by atomic mass is 35.5. The lowest BCUT2D eigenvalue weighted by Gasteiger charge is -2.14. The van der Waals surface area contributed by atoms with Crippen molar-refractivity contribution in [2.45, 2.75) is 13.5 Å². The number of ether oxygens (including phenoxy) is 2. The molecule has 0 unspecified atom stereocenters. The molecule has 32 heavy (non-hydrogen) atoms. The van der Waals surface area contributed by atoms with E-state index in [-0.39, 0.29) is 11.3 Å². The minimum atomic E-state index is -0.580. The summed E-state index contributed by atoms with van der Waals surface area (Å²) in [5.74, 6) is 0.279. The van der Waals surface area contributed by atoms with E-state index < -0.39 is 10.8 Å². The van der Waals surface area contributed by atoms with Crippen molar-refractivity contribution in [2.24, 2.45) is 5.10 Å². The first-order valence-corrected chi connectivity index (χ1v) is 10.1. The summed E-state index contributed by atoms with van der Waals surface area (Å²) in [6.07, 6.45) is 1.39. The molecule has 0 aliphatic rings. The second kappa shape index (κ2) is 10.9. The quantitative estimate of drug-likeness (QED) is 0.279. The van der Waals surface area contributed by atoms with Gasteiger partial charge in [0.2, 0.25) is 0 Å². The number of amides is 1. The Balaban J connectivity index is 1.72. The van der Waals surface area contributed by atoms with Crippen LogP contribution in [0.25, 0.3) is 0 Å². The molecule has 1 amide bonds. The van der Waals surface area contributed by atoms with Crippen LogP contribution in [0.2, 0.25) is 5.02 Å². The van der Waals surface area contributed by atoms with Crippen molar-refractivity contribution in [3.8, 4) is 11.5 Å². The fourth-order valence-electron chi connectivity index (χ4n) is 2.79. The number of nitrogens with zero attached hydrogens (tertiary/aromatic N) is 2. The molecule has 3 aromatic carbocycles. The highest BCUT2D eigenvalue weighted by Crippen LogP contribution is 2.37. The fraction of sp³-hybridized carbons (Fsp3) is 0.130. The molecule has 0 aliphatic carbocycles. The average Bonchev–Trinajstić information content (AvgIpc) is 2.79. The highest BCUT2D eigenvalue weighted by molar-refractivity contribution is 6.32. The van der Waals surface area contributed by atoms with E-state index in [1.54, 1.807) is 12.1 Å². The number of nitrogens with one attached hydrogen (secondary N) is 1. The van der Waals surface area contributed by atoms with Gasteiger partial charge in [-0.2, -0.15) is 5.10 Å². The smallest absolute Gasteiger partial charge is 0.271 e. The number of carbonyl (C=O) groups excluding carboxylic acids is 1. The summed E-state index contributed by atoms with van der Waals surface area (Å²) in [7, 11) is 0. The van der Waals surface area contributed by atoms with Gasteiger partial charge in [0.1, 0.15) is 6.61 Å². The number of rotatable bonds is 9. The average molecular weight is 454 g/mol. The van der Waals surface area contributed by atoms with Gasteiger partial charge in [0.05, 0.1) is 22.8 Å². The van der Waals surface area contributed by atoms with Gasteiger partial charge in [-0.3, -0.25) is 14.9 Å². The Morgan fingerprint density at radius 2 is 1.91 bits per heavy atom. The molecular formula is C23H20ClN3O5. The Morgan fingerprint density at radius 3 is 2.62 bits per heavy atom. The van der Waals surface area contributed by atoms with E-state index in [1.165, 1.54) is 30.5 Å². The lowest BCUT2D eigenvalue weighted by Crippen LogP contribution is -2.17. The molecule has 0 atom stereocenters. The third-order valence-electron chi connectivity index (χ3n) is 4.26. The van der Waals surface area contributed by atoms with Crippen LogP contribution in [0, 0.1) is 10.1 Å². The van der Waals surface area contributed by atoms with Gasteiger partial charge in [-0.25, -0.2) is 5.43 Å². The molecule has 3 rings (SSSR count). The second-order valence-electron chi connectivity index (χ2n) is 6.54. The summed E-state index contributed by atoms with van der Waals surface area (Å²) in [5, 5.41) is 15.1. The van der Waals surface area contributed by atoms with Crippen molar-refractivity contribution in [3.63, 3.8) is 0 Å². The van der Waals surface area contributed by atoms with Gasteiger partial charge in [-0.05, 0) is 36.2 Å². The van der Waals surface area contributed by atoms with Crippen LogP contribution in [0.15, 0.2) is 71.8 Å². The number of halogens is 1. The molecular weight excluding hydrogens is 434 g/mol. The molecule has 0 fully saturated rings. The summed E-state index contributed by atoms with van der Waals surface area (Å²) in [6.45, 7) is 2.57. The molecule has 0 heterocycles. The molecule has 164 valence electrons. The maximum Gasteiger partial charge on any atom is 0.271 e. The predicted molar refractivity (Wildman–Crippen MR) is 122 cm³/mol. The van der Waals surface area contributed by atoms with E-state index in [4.69, 9.17) is 21.1 Å². The standard InChI is InChI=1S/C23H20ClN3O5/c1-2-31-21-12-17(11-20(24)22(21)32-15-16-7-4-3-5-8-16)14-25-26-23(28)18-9-6-10-19(13-18)27(29)30/h3-14H,2,15H2,1H3,(H,26,28)/b25-14-. The molecule has 0 spiro atoms. The summed E-state index contributed by atoms with van der Waals surface area (Å²) >= 11 is 6.40. The lowest BCUT2D eigenvalue weighted by atomic mass is 10.2. The first-order chi connectivity index (χ1) is 15.5. The van der Waals surface area contributed by atoms with Crippen molar-refractivity contribution >= 4 is 29.4 Å². The highest BCUT2D eigenvalue weighted by Gasteiger charge is 2.13. The molecule has 9 heteroatoms. The molecule has 1 N–H and O–H groups in total. The Morgan fingerprint density at radius 1 is 1.12 bits per heavy atom. The fourth-order valence-corrected chi connectivity index (χ4v) is 3.06.